The van der Waals surface area contributed by atoms with Gasteiger partial charge in [-0.2, -0.15) is 5.26 Å². The molecule has 2 aromatic rings. The number of ether oxygens (including phenoxy) is 1. The highest BCUT2D eigenvalue weighted by Crippen LogP contribution is 2.23. The molecule has 0 spiro atoms. The number of nitriles is 1. The Labute approximate surface area is 192 Å². The Balaban J connectivity index is 1.98. The van der Waals surface area contributed by atoms with Gasteiger partial charge < -0.3 is 25.0 Å². The number of nitrogens with one attached hydrogen (secondary N) is 1. The van der Waals surface area contributed by atoms with Crippen molar-refractivity contribution in [2.45, 2.75) is 18.8 Å². The normalized spacial score (nSPS) is 11.8. The summed E-state index contributed by atoms with van der Waals surface area (Å²) < 4.78 is 20.1. The zero-order valence-electron chi connectivity index (χ0n) is 18.4. The molecule has 0 saturated heterocycles. The molecule has 0 aliphatic rings. The first-order chi connectivity index (χ1) is 15.7. The van der Waals surface area contributed by atoms with Crippen molar-refractivity contribution in [2.75, 3.05) is 20.7 Å². The third-order valence-corrected chi connectivity index (χ3v) is 4.64. The molecule has 0 bridgehead atoms. The summed E-state index contributed by atoms with van der Waals surface area (Å²) in [5, 5.41) is 30.8. The van der Waals surface area contributed by atoms with Gasteiger partial charge in [-0.15, -0.1) is 0 Å². The molecular weight excluding hydrogens is 428 g/mol. The highest BCUT2D eigenvalue weighted by Gasteiger charge is 2.25. The fourth-order valence-electron chi connectivity index (χ4n) is 2.92. The molecule has 1 atom stereocenters. The number of hydrogen-bond acceptors (Lipinski definition) is 6. The number of carbonyl (C=O) groups excluding carboxylic acids is 2. The van der Waals surface area contributed by atoms with Gasteiger partial charge in [-0.05, 0) is 24.1 Å². The van der Waals surface area contributed by atoms with Crippen LogP contribution in [0.1, 0.15) is 17.5 Å². The average molecular weight is 453 g/mol. The second kappa shape index (κ2) is 12.4. The molecule has 8 nitrogen and oxygen atoms in total. The second-order valence-corrected chi connectivity index (χ2v) is 7.40. The van der Waals surface area contributed by atoms with Crippen LogP contribution in [0, 0.1) is 17.1 Å². The van der Waals surface area contributed by atoms with Crippen molar-refractivity contribution in [2.24, 2.45) is 0 Å². The molecule has 0 heterocycles. The Morgan fingerprint density at radius 2 is 1.91 bits per heavy atom. The van der Waals surface area contributed by atoms with Crippen molar-refractivity contribution in [3.8, 4) is 11.8 Å². The van der Waals surface area contributed by atoms with Gasteiger partial charge in [0.15, 0.2) is 11.6 Å². The van der Waals surface area contributed by atoms with Crippen LogP contribution in [0.25, 0.3) is 6.08 Å². The Kier molecular flexibility index (Phi) is 9.60. The lowest BCUT2D eigenvalue weighted by atomic mass is 9.76. The molecular formula is C23H25BFN3O5. The maximum Gasteiger partial charge on any atom is 0.475 e. The van der Waals surface area contributed by atoms with Crippen LogP contribution >= 0.6 is 0 Å². The van der Waals surface area contributed by atoms with Crippen molar-refractivity contribution >= 4 is 25.0 Å². The minimum atomic E-state index is -1.75. The number of rotatable bonds is 10. The predicted octanol–water partition coefficient (Wildman–Crippen LogP) is 1.33. The molecule has 33 heavy (non-hydrogen) atoms. The molecule has 3 N–H and O–H groups in total. The van der Waals surface area contributed by atoms with Gasteiger partial charge in [-0.1, -0.05) is 42.5 Å². The summed E-state index contributed by atoms with van der Waals surface area (Å²) in [5.74, 6) is -2.89. The van der Waals surface area contributed by atoms with E-state index in [0.717, 1.165) is 11.6 Å². The summed E-state index contributed by atoms with van der Waals surface area (Å²) in [5.41, 5.74) is 0.584. The van der Waals surface area contributed by atoms with Gasteiger partial charge in [0.05, 0.1) is 19.0 Å². The van der Waals surface area contributed by atoms with Gasteiger partial charge in [0.1, 0.15) is 11.6 Å². The van der Waals surface area contributed by atoms with Gasteiger partial charge in [-0.25, -0.2) is 4.39 Å². The quantitative estimate of drug-likeness (QED) is 0.284. The zero-order chi connectivity index (χ0) is 24.4. The van der Waals surface area contributed by atoms with Crippen LogP contribution in [0.2, 0.25) is 0 Å². The van der Waals surface area contributed by atoms with Gasteiger partial charge in [0.2, 0.25) is 5.91 Å². The summed E-state index contributed by atoms with van der Waals surface area (Å²) in [6.07, 6.45) is 1.20. The van der Waals surface area contributed by atoms with Crippen LogP contribution < -0.4 is 10.1 Å². The Morgan fingerprint density at radius 3 is 2.52 bits per heavy atom. The van der Waals surface area contributed by atoms with Crippen molar-refractivity contribution in [1.29, 1.82) is 5.26 Å². The van der Waals surface area contributed by atoms with Crippen molar-refractivity contribution in [3.63, 3.8) is 0 Å². The van der Waals surface area contributed by atoms with E-state index in [4.69, 9.17) is 4.74 Å². The van der Waals surface area contributed by atoms with E-state index in [1.54, 1.807) is 30.3 Å². The van der Waals surface area contributed by atoms with Crippen LogP contribution in [-0.4, -0.2) is 60.5 Å². The fraction of sp³-hybridized carbons (Fsp3) is 0.261. The fourth-order valence-corrected chi connectivity index (χ4v) is 2.92. The van der Waals surface area contributed by atoms with Gasteiger partial charge in [0.25, 0.3) is 5.91 Å². The highest BCUT2D eigenvalue weighted by molar-refractivity contribution is 6.43. The number of likely N-dealkylation sites (N-methyl/N-ethyl adjacent to an activating group) is 1. The first-order valence-corrected chi connectivity index (χ1v) is 10.2. The smallest absolute Gasteiger partial charge is 0.475 e. The lowest BCUT2D eigenvalue weighted by molar-refractivity contribution is -0.124. The maximum atomic E-state index is 14.7. The lowest BCUT2D eigenvalue weighted by Crippen LogP contribution is -2.48. The monoisotopic (exact) mass is 453 g/mol. The van der Waals surface area contributed by atoms with Crippen molar-refractivity contribution in [3.05, 3.63) is 71.0 Å². The van der Waals surface area contributed by atoms with E-state index in [-0.39, 0.29) is 36.3 Å². The molecule has 172 valence electrons. The number of amides is 2. The van der Waals surface area contributed by atoms with Crippen LogP contribution in [0.5, 0.6) is 5.75 Å². The first kappa shape index (κ1) is 25.6. The maximum absolute atomic E-state index is 14.7. The molecule has 10 heteroatoms. The molecule has 0 aliphatic carbocycles. The van der Waals surface area contributed by atoms with E-state index in [0.29, 0.717) is 0 Å². The number of nitrogens with zero attached hydrogens (tertiary/aromatic N) is 2. The largest absolute Gasteiger partial charge is 0.490 e. The van der Waals surface area contributed by atoms with Crippen LogP contribution in [0.4, 0.5) is 4.39 Å². The molecule has 0 fully saturated rings. The molecule has 2 aromatic carbocycles. The van der Waals surface area contributed by atoms with E-state index < -0.39 is 30.7 Å². The van der Waals surface area contributed by atoms with Gasteiger partial charge in [0, 0.05) is 19.7 Å². The summed E-state index contributed by atoms with van der Waals surface area (Å²) in [6.45, 7) is -0.169. The first-order valence-electron chi connectivity index (χ1n) is 10.2. The van der Waals surface area contributed by atoms with E-state index in [1.807, 2.05) is 6.07 Å². The summed E-state index contributed by atoms with van der Waals surface area (Å²) in [6, 6.07) is 15.1. The van der Waals surface area contributed by atoms with Crippen LogP contribution in [0.3, 0.4) is 0 Å². The Bertz CT molecular complexity index is 1040. The molecule has 0 unspecified atom stereocenters. The molecule has 2 amide bonds. The average Bonchev–Trinajstić information content (AvgIpc) is 2.79. The van der Waals surface area contributed by atoms with E-state index in [1.165, 1.54) is 37.2 Å². The third-order valence-electron chi connectivity index (χ3n) is 4.64. The third kappa shape index (κ3) is 7.75. The molecule has 0 aromatic heterocycles. The number of halogens is 1. The number of benzene rings is 2. The summed E-state index contributed by atoms with van der Waals surface area (Å²) in [4.78, 5) is 25.4. The van der Waals surface area contributed by atoms with Crippen molar-refractivity contribution in [1.82, 2.24) is 10.2 Å². The predicted molar refractivity (Wildman–Crippen MR) is 121 cm³/mol. The molecule has 0 aliphatic heterocycles. The van der Waals surface area contributed by atoms with Crippen molar-refractivity contribution < 1.29 is 28.8 Å². The standard InChI is InChI=1S/C23H25BFN3O5/c1-28(2)23(30)18(15-26)14-17-9-6-10-19(22(17)25)33-12-11-21(29)27-20(24(31)32)13-16-7-4-3-5-8-16/h3-10,14,20,31-32H,11-13H2,1-2H3,(H,27,29)/b18-14+/t20-/m0/s1. The molecule has 2 rings (SSSR count). The second-order valence-electron chi connectivity index (χ2n) is 7.40. The summed E-state index contributed by atoms with van der Waals surface area (Å²) >= 11 is 0. The topological polar surface area (TPSA) is 123 Å². The van der Waals surface area contributed by atoms with E-state index in [2.05, 4.69) is 5.32 Å². The summed E-state index contributed by atoms with van der Waals surface area (Å²) in [7, 11) is 1.21. The van der Waals surface area contributed by atoms with Crippen LogP contribution in [-0.2, 0) is 16.0 Å². The highest BCUT2D eigenvalue weighted by atomic mass is 19.1. The molecule has 0 saturated carbocycles. The van der Waals surface area contributed by atoms with E-state index in [9.17, 15) is 29.3 Å². The van der Waals surface area contributed by atoms with Gasteiger partial charge in [-0.3, -0.25) is 9.59 Å². The lowest BCUT2D eigenvalue weighted by Gasteiger charge is -2.18. The minimum Gasteiger partial charge on any atom is -0.490 e. The van der Waals surface area contributed by atoms with Gasteiger partial charge >= 0.3 is 7.12 Å². The Hall–Kier alpha value is -3.68. The van der Waals surface area contributed by atoms with Crippen LogP contribution in [0.15, 0.2) is 54.1 Å². The minimum absolute atomic E-state index is 0.00460. The SMILES string of the molecule is CN(C)C(=O)/C(C#N)=C/c1cccc(OCCC(=O)N[C@@H](Cc2ccccc2)B(O)O)c1F. The zero-order valence-corrected chi connectivity index (χ0v) is 18.4. The van der Waals surface area contributed by atoms with E-state index >= 15 is 0 Å². The molecule has 0 radical (unpaired) electrons. The Morgan fingerprint density at radius 1 is 1.21 bits per heavy atom. The number of hydrogen-bond donors (Lipinski definition) is 3. The number of carbonyl (C=O) groups is 2.